The molecule has 0 atom stereocenters. The fraction of sp³-hybridized carbons (Fsp3) is 0.846. The number of carbonyl (C=O) groups is 2. The number of ether oxygens (including phenoxy) is 1. The van der Waals surface area contributed by atoms with Crippen molar-refractivity contribution in [3.8, 4) is 0 Å². The summed E-state index contributed by atoms with van der Waals surface area (Å²) in [6, 6.07) is 0. The van der Waals surface area contributed by atoms with E-state index in [9.17, 15) is 14.7 Å². The maximum atomic E-state index is 11.7. The summed E-state index contributed by atoms with van der Waals surface area (Å²) in [5, 5.41) is 12.0. The van der Waals surface area contributed by atoms with Crippen molar-refractivity contribution in [2.24, 2.45) is 0 Å². The third kappa shape index (κ3) is 4.29. The second-order valence-corrected chi connectivity index (χ2v) is 4.86. The fourth-order valence-electron chi connectivity index (χ4n) is 2.29. The molecule has 0 aromatic rings. The zero-order valence-electron chi connectivity index (χ0n) is 11.0. The Kier molecular flexibility index (Phi) is 6.12. The summed E-state index contributed by atoms with van der Waals surface area (Å²) in [5.74, 6) is -1.14. The second-order valence-electron chi connectivity index (χ2n) is 4.86. The highest BCUT2D eigenvalue weighted by atomic mass is 16.5. The van der Waals surface area contributed by atoms with Crippen LogP contribution in [0.15, 0.2) is 0 Å². The van der Waals surface area contributed by atoms with Gasteiger partial charge < -0.3 is 15.2 Å². The Morgan fingerprint density at radius 3 is 2.44 bits per heavy atom. The molecule has 0 radical (unpaired) electrons. The van der Waals surface area contributed by atoms with E-state index < -0.39 is 11.5 Å². The molecule has 1 amide bonds. The number of carboxylic acid groups (broad SMARTS) is 1. The Balaban J connectivity index is 2.41. The quantitative estimate of drug-likeness (QED) is 0.681. The molecule has 1 aliphatic rings. The summed E-state index contributed by atoms with van der Waals surface area (Å²) in [7, 11) is 0. The van der Waals surface area contributed by atoms with E-state index in [1.165, 1.54) is 0 Å². The number of rotatable bonds is 7. The molecule has 104 valence electrons. The molecule has 0 aromatic heterocycles. The average Bonchev–Trinajstić information content (AvgIpc) is 2.35. The molecule has 0 aliphatic heterocycles. The Hall–Kier alpha value is -1.10. The third-order valence-electron chi connectivity index (χ3n) is 3.32. The maximum Gasteiger partial charge on any atom is 0.329 e. The monoisotopic (exact) mass is 257 g/mol. The molecule has 18 heavy (non-hydrogen) atoms. The topological polar surface area (TPSA) is 75.6 Å². The molecule has 2 N–H and O–H groups in total. The average molecular weight is 257 g/mol. The standard InChI is InChI=1S/C13H23NO4/c1-2-9-18-10-6-11(15)14-13(12(16)17)7-4-3-5-8-13/h2-10H2,1H3,(H,14,15)(H,16,17). The van der Waals surface area contributed by atoms with E-state index in [4.69, 9.17) is 4.74 Å². The van der Waals surface area contributed by atoms with Gasteiger partial charge in [-0.1, -0.05) is 26.2 Å². The lowest BCUT2D eigenvalue weighted by molar-refractivity contribution is -0.149. The Bertz CT molecular complexity index is 285. The number of aliphatic carboxylic acids is 1. The molecular formula is C13H23NO4. The van der Waals surface area contributed by atoms with Gasteiger partial charge in [-0.05, 0) is 19.3 Å². The number of amides is 1. The van der Waals surface area contributed by atoms with Gasteiger partial charge in [0.2, 0.25) is 5.91 Å². The largest absolute Gasteiger partial charge is 0.480 e. The Labute approximate surface area is 108 Å². The van der Waals surface area contributed by atoms with E-state index in [1.807, 2.05) is 6.92 Å². The maximum absolute atomic E-state index is 11.7. The van der Waals surface area contributed by atoms with Crippen LogP contribution in [0.1, 0.15) is 51.9 Å². The number of hydrogen-bond donors (Lipinski definition) is 2. The van der Waals surface area contributed by atoms with Crippen LogP contribution in [0, 0.1) is 0 Å². The molecule has 0 unspecified atom stereocenters. The molecule has 0 heterocycles. The van der Waals surface area contributed by atoms with Crippen LogP contribution >= 0.6 is 0 Å². The smallest absolute Gasteiger partial charge is 0.329 e. The van der Waals surface area contributed by atoms with Crippen molar-refractivity contribution in [1.29, 1.82) is 0 Å². The van der Waals surface area contributed by atoms with E-state index in [2.05, 4.69) is 5.32 Å². The van der Waals surface area contributed by atoms with Gasteiger partial charge >= 0.3 is 5.97 Å². The molecule has 0 saturated heterocycles. The summed E-state index contributed by atoms with van der Waals surface area (Å²) in [6.45, 7) is 2.99. The normalized spacial score (nSPS) is 18.3. The van der Waals surface area contributed by atoms with E-state index in [1.54, 1.807) is 0 Å². The van der Waals surface area contributed by atoms with E-state index >= 15 is 0 Å². The van der Waals surface area contributed by atoms with Crippen molar-refractivity contribution in [2.75, 3.05) is 13.2 Å². The van der Waals surface area contributed by atoms with E-state index in [-0.39, 0.29) is 12.3 Å². The van der Waals surface area contributed by atoms with Crippen molar-refractivity contribution in [1.82, 2.24) is 5.32 Å². The first-order valence-electron chi connectivity index (χ1n) is 6.73. The van der Waals surface area contributed by atoms with Crippen LogP contribution in [0.25, 0.3) is 0 Å². The van der Waals surface area contributed by atoms with Crippen LogP contribution in [0.3, 0.4) is 0 Å². The van der Waals surface area contributed by atoms with Crippen molar-refractivity contribution >= 4 is 11.9 Å². The van der Waals surface area contributed by atoms with Gasteiger partial charge in [-0.3, -0.25) is 4.79 Å². The predicted molar refractivity (Wildman–Crippen MR) is 67.3 cm³/mol. The van der Waals surface area contributed by atoms with Crippen LogP contribution in [0.4, 0.5) is 0 Å². The highest BCUT2D eigenvalue weighted by molar-refractivity contribution is 5.87. The minimum Gasteiger partial charge on any atom is -0.480 e. The summed E-state index contributed by atoms with van der Waals surface area (Å²) in [6.07, 6.45) is 4.98. The minimum atomic E-state index is -1.04. The lowest BCUT2D eigenvalue weighted by Crippen LogP contribution is -2.55. The first-order chi connectivity index (χ1) is 8.60. The summed E-state index contributed by atoms with van der Waals surface area (Å²) < 4.78 is 5.23. The first kappa shape index (κ1) is 15.0. The van der Waals surface area contributed by atoms with Crippen molar-refractivity contribution in [2.45, 2.75) is 57.4 Å². The molecule has 0 aromatic carbocycles. The SMILES string of the molecule is CCCOCCC(=O)NC1(C(=O)O)CCCCC1. The van der Waals surface area contributed by atoms with Gasteiger partial charge in [-0.2, -0.15) is 0 Å². The molecular weight excluding hydrogens is 234 g/mol. The molecule has 1 rings (SSSR count). The van der Waals surface area contributed by atoms with Crippen LogP contribution in [-0.4, -0.2) is 35.7 Å². The van der Waals surface area contributed by atoms with Crippen LogP contribution in [-0.2, 0) is 14.3 Å². The number of nitrogens with one attached hydrogen (secondary N) is 1. The third-order valence-corrected chi connectivity index (χ3v) is 3.32. The van der Waals surface area contributed by atoms with Gasteiger partial charge in [0.1, 0.15) is 5.54 Å². The second kappa shape index (κ2) is 7.36. The molecule has 5 nitrogen and oxygen atoms in total. The molecule has 0 spiro atoms. The van der Waals surface area contributed by atoms with Gasteiger partial charge in [0.25, 0.3) is 0 Å². The number of carboxylic acids is 1. The number of carbonyl (C=O) groups excluding carboxylic acids is 1. The fourth-order valence-corrected chi connectivity index (χ4v) is 2.29. The first-order valence-corrected chi connectivity index (χ1v) is 6.73. The Morgan fingerprint density at radius 1 is 1.22 bits per heavy atom. The molecule has 0 bridgehead atoms. The van der Waals surface area contributed by atoms with E-state index in [0.717, 1.165) is 25.7 Å². The minimum absolute atomic E-state index is 0.226. The van der Waals surface area contributed by atoms with Crippen LogP contribution < -0.4 is 5.32 Å². The molecule has 1 fully saturated rings. The highest BCUT2D eigenvalue weighted by Gasteiger charge is 2.40. The molecule has 1 saturated carbocycles. The van der Waals surface area contributed by atoms with E-state index in [0.29, 0.717) is 26.1 Å². The zero-order chi connectivity index (χ0) is 13.4. The predicted octanol–water partition coefficient (Wildman–Crippen LogP) is 1.71. The zero-order valence-corrected chi connectivity index (χ0v) is 11.0. The molecule has 1 aliphatic carbocycles. The van der Waals surface area contributed by atoms with Gasteiger partial charge in [0.15, 0.2) is 0 Å². The lowest BCUT2D eigenvalue weighted by Gasteiger charge is -2.34. The highest BCUT2D eigenvalue weighted by Crippen LogP contribution is 2.28. The van der Waals surface area contributed by atoms with Gasteiger partial charge in [-0.15, -0.1) is 0 Å². The summed E-state index contributed by atoms with van der Waals surface area (Å²) >= 11 is 0. The van der Waals surface area contributed by atoms with Crippen molar-refractivity contribution in [3.05, 3.63) is 0 Å². The van der Waals surface area contributed by atoms with Gasteiger partial charge in [0, 0.05) is 13.0 Å². The van der Waals surface area contributed by atoms with Crippen LogP contribution in [0.2, 0.25) is 0 Å². The van der Waals surface area contributed by atoms with Gasteiger partial charge in [-0.25, -0.2) is 4.79 Å². The van der Waals surface area contributed by atoms with Crippen molar-refractivity contribution < 1.29 is 19.4 Å². The lowest BCUT2D eigenvalue weighted by atomic mass is 9.81. The van der Waals surface area contributed by atoms with Gasteiger partial charge in [0.05, 0.1) is 6.61 Å². The Morgan fingerprint density at radius 2 is 1.89 bits per heavy atom. The summed E-state index contributed by atoms with van der Waals surface area (Å²) in [5.41, 5.74) is -1.04. The summed E-state index contributed by atoms with van der Waals surface area (Å²) in [4.78, 5) is 23.1. The molecule has 5 heteroatoms. The van der Waals surface area contributed by atoms with Crippen LogP contribution in [0.5, 0.6) is 0 Å². The number of hydrogen-bond acceptors (Lipinski definition) is 3. The van der Waals surface area contributed by atoms with Crippen molar-refractivity contribution in [3.63, 3.8) is 0 Å².